The lowest BCUT2D eigenvalue weighted by Gasteiger charge is -2.23. The number of anilines is 2. The summed E-state index contributed by atoms with van der Waals surface area (Å²) in [6.45, 7) is 1.88. The molecule has 0 heterocycles. The number of para-hydroxylation sites is 1. The Balaban J connectivity index is 1.90. The molecule has 0 aliphatic heterocycles. The summed E-state index contributed by atoms with van der Waals surface area (Å²) >= 11 is 0. The monoisotopic (exact) mass is 443 g/mol. The molecule has 0 saturated carbocycles. The molecule has 0 fully saturated rings. The number of nitrogens with zero attached hydrogens (tertiary/aromatic N) is 2. The number of halogens is 1. The Bertz CT molecular complexity index is 1230. The van der Waals surface area contributed by atoms with Crippen LogP contribution in [0.2, 0.25) is 0 Å². The maximum atomic E-state index is 13.5. The zero-order valence-corrected chi connectivity index (χ0v) is 17.2. The number of sulfonamides is 1. The largest absolute Gasteiger partial charge is 0.322 e. The quantitative estimate of drug-likeness (QED) is 0.435. The van der Waals surface area contributed by atoms with Crippen molar-refractivity contribution in [3.63, 3.8) is 0 Å². The Morgan fingerprint density at radius 3 is 2.42 bits per heavy atom. The third kappa shape index (κ3) is 4.69. The Hall–Kier alpha value is -3.79. The van der Waals surface area contributed by atoms with Gasteiger partial charge in [0.1, 0.15) is 0 Å². The molecule has 0 spiro atoms. The highest BCUT2D eigenvalue weighted by molar-refractivity contribution is 7.92. The molecule has 0 atom stereocenters. The zero-order valence-electron chi connectivity index (χ0n) is 16.4. The van der Waals surface area contributed by atoms with Crippen molar-refractivity contribution in [1.29, 1.82) is 0 Å². The van der Waals surface area contributed by atoms with Gasteiger partial charge in [-0.15, -0.1) is 0 Å². The normalized spacial score (nSPS) is 11.0. The molecule has 0 bridgehead atoms. The first-order valence-electron chi connectivity index (χ1n) is 9.17. The fourth-order valence-electron chi connectivity index (χ4n) is 2.94. The fourth-order valence-corrected chi connectivity index (χ4v) is 4.46. The number of nitrogens with one attached hydrogen (secondary N) is 1. The van der Waals surface area contributed by atoms with Crippen LogP contribution in [0.15, 0.2) is 77.7 Å². The third-order valence-corrected chi connectivity index (χ3v) is 6.32. The molecule has 0 saturated heterocycles. The van der Waals surface area contributed by atoms with Gasteiger partial charge in [0, 0.05) is 23.9 Å². The number of rotatable bonds is 7. The second-order valence-electron chi connectivity index (χ2n) is 6.41. The number of benzene rings is 3. The lowest BCUT2D eigenvalue weighted by atomic mass is 10.2. The molecule has 0 aliphatic rings. The molecule has 0 unspecified atom stereocenters. The van der Waals surface area contributed by atoms with Crippen molar-refractivity contribution in [3.05, 3.63) is 94.3 Å². The summed E-state index contributed by atoms with van der Waals surface area (Å²) in [6.07, 6.45) is 0. The predicted octanol–water partition coefficient (Wildman–Crippen LogP) is 4.20. The SMILES string of the molecule is CCN(c1ccccc1)S(=O)(=O)c1cccc(C(=O)Nc2ccc(F)c([N+](=O)[O-])c2)c1. The highest BCUT2D eigenvalue weighted by Crippen LogP contribution is 2.25. The standard InChI is InChI=1S/C21H18FN3O5S/c1-2-24(17-8-4-3-5-9-17)31(29,30)18-10-6-7-15(13-18)21(26)23-16-11-12-19(22)20(14-16)25(27)28/h3-14H,2H2,1H3,(H,23,26). The second-order valence-corrected chi connectivity index (χ2v) is 8.27. The van der Waals surface area contributed by atoms with Gasteiger partial charge >= 0.3 is 5.69 Å². The van der Waals surface area contributed by atoms with E-state index in [-0.39, 0.29) is 22.7 Å². The van der Waals surface area contributed by atoms with Crippen LogP contribution in [-0.4, -0.2) is 25.8 Å². The molecule has 1 N–H and O–H groups in total. The topological polar surface area (TPSA) is 110 Å². The van der Waals surface area contributed by atoms with E-state index in [0.717, 1.165) is 12.1 Å². The first-order valence-corrected chi connectivity index (χ1v) is 10.6. The minimum absolute atomic E-state index is 0.00540. The van der Waals surface area contributed by atoms with E-state index >= 15 is 0 Å². The van der Waals surface area contributed by atoms with Crippen LogP contribution in [0.25, 0.3) is 0 Å². The number of nitro groups is 1. The molecule has 1 amide bonds. The van der Waals surface area contributed by atoms with E-state index < -0.39 is 32.4 Å². The van der Waals surface area contributed by atoms with Gasteiger partial charge in [-0.2, -0.15) is 4.39 Å². The van der Waals surface area contributed by atoms with Gasteiger partial charge in [-0.3, -0.25) is 19.2 Å². The molecular weight excluding hydrogens is 425 g/mol. The summed E-state index contributed by atoms with van der Waals surface area (Å²) in [7, 11) is -3.94. The molecule has 160 valence electrons. The Morgan fingerprint density at radius 2 is 1.77 bits per heavy atom. The number of nitro benzene ring substituents is 1. The van der Waals surface area contributed by atoms with Crippen molar-refractivity contribution < 1.29 is 22.5 Å². The highest BCUT2D eigenvalue weighted by Gasteiger charge is 2.24. The van der Waals surface area contributed by atoms with Gasteiger partial charge < -0.3 is 5.32 Å². The minimum Gasteiger partial charge on any atom is -0.322 e. The van der Waals surface area contributed by atoms with E-state index in [1.54, 1.807) is 37.3 Å². The molecule has 0 aliphatic carbocycles. The van der Waals surface area contributed by atoms with Crippen LogP contribution in [0.5, 0.6) is 0 Å². The van der Waals surface area contributed by atoms with E-state index in [4.69, 9.17) is 0 Å². The van der Waals surface area contributed by atoms with Crippen LogP contribution in [0.3, 0.4) is 0 Å². The number of hydrogen-bond acceptors (Lipinski definition) is 5. The van der Waals surface area contributed by atoms with Gasteiger partial charge in [-0.05, 0) is 49.4 Å². The lowest BCUT2D eigenvalue weighted by molar-refractivity contribution is -0.387. The first kappa shape index (κ1) is 21.9. The molecule has 10 heteroatoms. The lowest BCUT2D eigenvalue weighted by Crippen LogP contribution is -2.30. The van der Waals surface area contributed by atoms with E-state index in [9.17, 15) is 27.7 Å². The first-order chi connectivity index (χ1) is 14.7. The number of carbonyl (C=O) groups excluding carboxylic acids is 1. The average Bonchev–Trinajstić information content (AvgIpc) is 2.76. The van der Waals surface area contributed by atoms with Crippen molar-refractivity contribution in [2.75, 3.05) is 16.2 Å². The van der Waals surface area contributed by atoms with Crippen molar-refractivity contribution in [2.45, 2.75) is 11.8 Å². The van der Waals surface area contributed by atoms with Crippen LogP contribution in [0, 0.1) is 15.9 Å². The molecule has 3 aromatic carbocycles. The minimum atomic E-state index is -3.94. The second kappa shape index (κ2) is 8.92. The number of hydrogen-bond donors (Lipinski definition) is 1. The van der Waals surface area contributed by atoms with Gasteiger partial charge in [0.15, 0.2) is 0 Å². The Labute approximate surface area is 178 Å². The summed E-state index contributed by atoms with van der Waals surface area (Å²) in [6, 6.07) is 16.9. The van der Waals surface area contributed by atoms with E-state index in [2.05, 4.69) is 5.32 Å². The van der Waals surface area contributed by atoms with Crippen molar-refractivity contribution in [2.24, 2.45) is 0 Å². The smallest absolute Gasteiger partial charge is 0.306 e. The Morgan fingerprint density at radius 1 is 1.06 bits per heavy atom. The Kier molecular flexibility index (Phi) is 6.30. The van der Waals surface area contributed by atoms with E-state index in [0.29, 0.717) is 5.69 Å². The van der Waals surface area contributed by atoms with Crippen LogP contribution < -0.4 is 9.62 Å². The van der Waals surface area contributed by atoms with Gasteiger partial charge in [-0.25, -0.2) is 8.42 Å². The molecular formula is C21H18FN3O5S. The molecule has 0 radical (unpaired) electrons. The molecule has 3 rings (SSSR count). The molecule has 31 heavy (non-hydrogen) atoms. The van der Waals surface area contributed by atoms with E-state index in [1.807, 2.05) is 0 Å². The third-order valence-electron chi connectivity index (χ3n) is 4.42. The maximum Gasteiger partial charge on any atom is 0.306 e. The van der Waals surface area contributed by atoms with Crippen LogP contribution >= 0.6 is 0 Å². The van der Waals surface area contributed by atoms with Crippen LogP contribution in [0.4, 0.5) is 21.5 Å². The van der Waals surface area contributed by atoms with Gasteiger partial charge in [0.25, 0.3) is 15.9 Å². The maximum absolute atomic E-state index is 13.5. The fraction of sp³-hybridized carbons (Fsp3) is 0.0952. The van der Waals surface area contributed by atoms with Crippen LogP contribution in [-0.2, 0) is 10.0 Å². The van der Waals surface area contributed by atoms with Crippen molar-refractivity contribution >= 4 is 33.0 Å². The molecule has 8 nitrogen and oxygen atoms in total. The van der Waals surface area contributed by atoms with E-state index in [1.165, 1.54) is 34.6 Å². The summed E-state index contributed by atoms with van der Waals surface area (Å²) < 4.78 is 41.0. The summed E-state index contributed by atoms with van der Waals surface area (Å²) in [5.41, 5.74) is -0.267. The van der Waals surface area contributed by atoms with Gasteiger partial charge in [0.2, 0.25) is 5.82 Å². The zero-order chi connectivity index (χ0) is 22.6. The molecule has 3 aromatic rings. The number of amides is 1. The van der Waals surface area contributed by atoms with Crippen LogP contribution in [0.1, 0.15) is 17.3 Å². The van der Waals surface area contributed by atoms with Gasteiger partial charge in [0.05, 0.1) is 15.5 Å². The average molecular weight is 443 g/mol. The molecule has 0 aromatic heterocycles. The highest BCUT2D eigenvalue weighted by atomic mass is 32.2. The summed E-state index contributed by atoms with van der Waals surface area (Å²) in [5, 5.41) is 13.3. The van der Waals surface area contributed by atoms with Crippen molar-refractivity contribution in [1.82, 2.24) is 0 Å². The number of carbonyl (C=O) groups is 1. The predicted molar refractivity (Wildman–Crippen MR) is 114 cm³/mol. The summed E-state index contributed by atoms with van der Waals surface area (Å²) in [4.78, 5) is 22.5. The van der Waals surface area contributed by atoms with Crippen molar-refractivity contribution in [3.8, 4) is 0 Å². The van der Waals surface area contributed by atoms with Gasteiger partial charge in [-0.1, -0.05) is 24.3 Å². The summed E-state index contributed by atoms with van der Waals surface area (Å²) in [5.74, 6) is -1.72.